The van der Waals surface area contributed by atoms with Crippen LogP contribution in [0.1, 0.15) is 16.1 Å². The van der Waals surface area contributed by atoms with Crippen molar-refractivity contribution in [2.75, 3.05) is 12.4 Å². The molecule has 1 amide bonds. The molecule has 0 aliphatic carbocycles. The van der Waals surface area contributed by atoms with Crippen LogP contribution in [0.3, 0.4) is 0 Å². The minimum atomic E-state index is -4.85. The number of ether oxygens (including phenoxy) is 1. The van der Waals surface area contributed by atoms with E-state index in [1.165, 1.54) is 19.2 Å². The number of benzene rings is 1. The monoisotopic (exact) mass is 441 g/mol. The highest BCUT2D eigenvalue weighted by atomic mass is 79.9. The van der Waals surface area contributed by atoms with E-state index in [1.54, 1.807) is 24.3 Å². The predicted octanol–water partition coefficient (Wildman–Crippen LogP) is 3.70. The fraction of sp³-hybridized carbons (Fsp3) is 0.125. The molecular formula is C16H11BrF3N5O2. The van der Waals surface area contributed by atoms with Gasteiger partial charge in [0.25, 0.3) is 5.91 Å². The van der Waals surface area contributed by atoms with E-state index in [2.05, 4.69) is 36.5 Å². The molecule has 0 spiro atoms. The van der Waals surface area contributed by atoms with Gasteiger partial charge < -0.3 is 10.1 Å². The summed E-state index contributed by atoms with van der Waals surface area (Å²) in [5, 5.41) is 13.4. The molecule has 11 heteroatoms. The third kappa shape index (κ3) is 4.08. The molecule has 3 aromatic rings. The molecule has 1 aromatic carbocycles. The smallest absolute Gasteiger partial charge is 0.434 e. The molecule has 0 saturated heterocycles. The van der Waals surface area contributed by atoms with Crippen LogP contribution in [0.15, 0.2) is 47.1 Å². The number of alkyl halides is 3. The van der Waals surface area contributed by atoms with Crippen molar-refractivity contribution >= 4 is 27.5 Å². The Hall–Kier alpha value is -2.95. The summed E-state index contributed by atoms with van der Waals surface area (Å²) in [6, 6.07) is 9.06. The molecule has 0 aliphatic heterocycles. The van der Waals surface area contributed by atoms with Gasteiger partial charge in [0.2, 0.25) is 5.88 Å². The molecule has 0 radical (unpaired) electrons. The second-order valence-electron chi connectivity index (χ2n) is 5.21. The van der Waals surface area contributed by atoms with Crippen molar-refractivity contribution in [3.63, 3.8) is 0 Å². The van der Waals surface area contributed by atoms with E-state index in [0.29, 0.717) is 14.8 Å². The van der Waals surface area contributed by atoms with Gasteiger partial charge in [-0.05, 0) is 24.3 Å². The number of carbonyl (C=O) groups excluding carboxylic acids is 1. The van der Waals surface area contributed by atoms with Crippen molar-refractivity contribution in [3.8, 4) is 11.7 Å². The predicted molar refractivity (Wildman–Crippen MR) is 92.8 cm³/mol. The Morgan fingerprint density at radius 1 is 1.22 bits per heavy atom. The number of aromatic nitrogens is 4. The topological polar surface area (TPSA) is 81.9 Å². The van der Waals surface area contributed by atoms with Crippen LogP contribution in [-0.4, -0.2) is 33.0 Å². The Morgan fingerprint density at radius 2 is 2.00 bits per heavy atom. The van der Waals surface area contributed by atoms with Crippen molar-refractivity contribution in [2.24, 2.45) is 0 Å². The summed E-state index contributed by atoms with van der Waals surface area (Å²) in [6.45, 7) is 0. The molecule has 2 aromatic heterocycles. The number of nitrogens with one attached hydrogen (secondary N) is 1. The van der Waals surface area contributed by atoms with Crippen LogP contribution < -0.4 is 10.1 Å². The summed E-state index contributed by atoms with van der Waals surface area (Å²) in [7, 11) is 1.35. The van der Waals surface area contributed by atoms with Crippen molar-refractivity contribution in [1.29, 1.82) is 0 Å². The lowest BCUT2D eigenvalue weighted by Crippen LogP contribution is -2.21. The number of nitrogens with zero attached hydrogens (tertiary/aromatic N) is 4. The Bertz CT molecular complexity index is 973. The van der Waals surface area contributed by atoms with Gasteiger partial charge in [-0.3, -0.25) is 4.79 Å². The van der Waals surface area contributed by atoms with Crippen LogP contribution in [0.4, 0.5) is 18.9 Å². The Kier molecular flexibility index (Phi) is 5.13. The van der Waals surface area contributed by atoms with Crippen molar-refractivity contribution < 1.29 is 22.7 Å². The lowest BCUT2D eigenvalue weighted by molar-refractivity contribution is -0.143. The highest BCUT2D eigenvalue weighted by Crippen LogP contribution is 2.33. The third-order valence-electron chi connectivity index (χ3n) is 3.42. The van der Waals surface area contributed by atoms with E-state index in [1.807, 2.05) is 0 Å². The van der Waals surface area contributed by atoms with E-state index in [4.69, 9.17) is 4.74 Å². The second-order valence-corrected chi connectivity index (χ2v) is 6.13. The Balaban J connectivity index is 2.00. The van der Waals surface area contributed by atoms with E-state index in [-0.39, 0.29) is 11.7 Å². The molecule has 0 fully saturated rings. The van der Waals surface area contributed by atoms with Crippen LogP contribution in [0, 0.1) is 0 Å². The maximum absolute atomic E-state index is 13.6. The zero-order valence-corrected chi connectivity index (χ0v) is 15.2. The van der Waals surface area contributed by atoms with Crippen LogP contribution in [0.2, 0.25) is 0 Å². The summed E-state index contributed by atoms with van der Waals surface area (Å²) < 4.78 is 46.9. The number of carbonyl (C=O) groups is 1. The van der Waals surface area contributed by atoms with Crippen LogP contribution in [0.25, 0.3) is 5.82 Å². The standard InChI is InChI=1S/C16H11BrF3N5O2/c1-27-13-6-5-12(23-24-13)25-14(16(18,19)20)11(8-21-25)15(26)22-10-4-2-3-9(17)7-10/h2-8H,1H3,(H,22,26). The zero-order chi connectivity index (χ0) is 19.6. The molecule has 1 N–H and O–H groups in total. The molecule has 3 rings (SSSR count). The summed E-state index contributed by atoms with van der Waals surface area (Å²) in [5.74, 6) is -1.02. The fourth-order valence-electron chi connectivity index (χ4n) is 2.26. The first-order chi connectivity index (χ1) is 12.8. The van der Waals surface area contributed by atoms with Gasteiger partial charge in [-0.15, -0.1) is 10.2 Å². The molecule has 0 bridgehead atoms. The molecule has 27 heavy (non-hydrogen) atoms. The first-order valence-corrected chi connectivity index (χ1v) is 8.19. The zero-order valence-electron chi connectivity index (χ0n) is 13.7. The first-order valence-electron chi connectivity index (χ1n) is 7.40. The molecule has 140 valence electrons. The number of methoxy groups -OCH3 is 1. The van der Waals surface area contributed by atoms with Gasteiger partial charge in [0, 0.05) is 16.2 Å². The van der Waals surface area contributed by atoms with Gasteiger partial charge in [-0.1, -0.05) is 22.0 Å². The quantitative estimate of drug-likeness (QED) is 0.667. The first kappa shape index (κ1) is 18.8. The lowest BCUT2D eigenvalue weighted by Gasteiger charge is -2.12. The average molecular weight is 442 g/mol. The van der Waals surface area contributed by atoms with Crippen LogP contribution in [0.5, 0.6) is 5.88 Å². The highest BCUT2D eigenvalue weighted by molar-refractivity contribution is 9.10. The molecule has 0 saturated carbocycles. The minimum Gasteiger partial charge on any atom is -0.480 e. The number of anilines is 1. The normalized spacial score (nSPS) is 11.3. The van der Waals surface area contributed by atoms with E-state index in [9.17, 15) is 18.0 Å². The molecule has 0 aliphatic rings. The van der Waals surface area contributed by atoms with Gasteiger partial charge in [0.1, 0.15) is 0 Å². The van der Waals surface area contributed by atoms with E-state index in [0.717, 1.165) is 6.20 Å². The maximum Gasteiger partial charge on any atom is 0.434 e. The van der Waals surface area contributed by atoms with Gasteiger partial charge in [-0.2, -0.15) is 18.3 Å². The molecule has 0 atom stereocenters. The highest BCUT2D eigenvalue weighted by Gasteiger charge is 2.41. The summed E-state index contributed by atoms with van der Waals surface area (Å²) in [4.78, 5) is 12.4. The Morgan fingerprint density at radius 3 is 2.59 bits per heavy atom. The Labute approximate surface area is 159 Å². The van der Waals surface area contributed by atoms with Gasteiger partial charge in [0.05, 0.1) is 18.9 Å². The van der Waals surface area contributed by atoms with Crippen molar-refractivity contribution in [1.82, 2.24) is 20.0 Å². The van der Waals surface area contributed by atoms with Crippen LogP contribution in [-0.2, 0) is 6.18 Å². The summed E-state index contributed by atoms with van der Waals surface area (Å²) in [5.41, 5.74) is -1.56. The van der Waals surface area contributed by atoms with Crippen molar-refractivity contribution in [3.05, 3.63) is 58.3 Å². The summed E-state index contributed by atoms with van der Waals surface area (Å²) >= 11 is 3.23. The lowest BCUT2D eigenvalue weighted by atomic mass is 10.2. The SMILES string of the molecule is COc1ccc(-n2ncc(C(=O)Nc3cccc(Br)c3)c2C(F)(F)F)nn1. The van der Waals surface area contributed by atoms with Crippen LogP contribution >= 0.6 is 15.9 Å². The molecular weight excluding hydrogens is 431 g/mol. The minimum absolute atomic E-state index is 0.132. The average Bonchev–Trinajstić information content (AvgIpc) is 3.07. The largest absolute Gasteiger partial charge is 0.480 e. The van der Waals surface area contributed by atoms with E-state index >= 15 is 0 Å². The number of rotatable bonds is 4. The maximum atomic E-state index is 13.6. The van der Waals surface area contributed by atoms with Crippen molar-refractivity contribution in [2.45, 2.75) is 6.18 Å². The van der Waals surface area contributed by atoms with Gasteiger partial charge in [0.15, 0.2) is 11.5 Å². The number of amides is 1. The fourth-order valence-corrected chi connectivity index (χ4v) is 2.66. The summed E-state index contributed by atoms with van der Waals surface area (Å²) in [6.07, 6.45) is -4.01. The number of halogens is 4. The van der Waals surface area contributed by atoms with Gasteiger partial charge >= 0.3 is 6.18 Å². The third-order valence-corrected chi connectivity index (χ3v) is 3.91. The molecule has 7 nitrogen and oxygen atoms in total. The van der Waals surface area contributed by atoms with E-state index < -0.39 is 23.3 Å². The number of hydrogen-bond donors (Lipinski definition) is 1. The van der Waals surface area contributed by atoms with Gasteiger partial charge in [-0.25, -0.2) is 4.68 Å². The molecule has 2 heterocycles. The number of hydrogen-bond acceptors (Lipinski definition) is 5. The second kappa shape index (κ2) is 7.35. The molecule has 0 unspecified atom stereocenters.